The summed E-state index contributed by atoms with van der Waals surface area (Å²) in [6.07, 6.45) is 5.33. The van der Waals surface area contributed by atoms with Gasteiger partial charge in [0.25, 0.3) is 5.91 Å². The molecule has 0 radical (unpaired) electrons. The van der Waals surface area contributed by atoms with E-state index in [9.17, 15) is 19.2 Å². The van der Waals surface area contributed by atoms with Crippen molar-refractivity contribution in [1.82, 2.24) is 21.0 Å². The van der Waals surface area contributed by atoms with E-state index in [2.05, 4.69) is 16.1 Å². The summed E-state index contributed by atoms with van der Waals surface area (Å²) < 4.78 is 5.53. The van der Waals surface area contributed by atoms with Crippen molar-refractivity contribution in [2.24, 2.45) is 17.8 Å². The van der Waals surface area contributed by atoms with Gasteiger partial charge in [0.1, 0.15) is 0 Å². The molecule has 2 aliphatic heterocycles. The molecule has 3 N–H and O–H groups in total. The maximum absolute atomic E-state index is 13.4. The van der Waals surface area contributed by atoms with Crippen LogP contribution in [0.25, 0.3) is 6.08 Å². The number of carbonyl (C=O) groups is 4. The Hall–Kier alpha value is -3.24. The Kier molecular flexibility index (Phi) is 10.0. The van der Waals surface area contributed by atoms with Crippen LogP contribution in [0.1, 0.15) is 51.5 Å². The maximum Gasteiger partial charge on any atom is 0.325 e. The summed E-state index contributed by atoms with van der Waals surface area (Å²) >= 11 is 0. The van der Waals surface area contributed by atoms with Crippen molar-refractivity contribution in [1.29, 1.82) is 0 Å². The summed E-state index contributed by atoms with van der Waals surface area (Å²) in [5.41, 5.74) is 3.47. The maximum atomic E-state index is 13.4. The van der Waals surface area contributed by atoms with Gasteiger partial charge in [0.2, 0.25) is 11.8 Å². The van der Waals surface area contributed by atoms with Crippen LogP contribution in [0.5, 0.6) is 0 Å². The van der Waals surface area contributed by atoms with Gasteiger partial charge in [0.15, 0.2) is 12.5 Å². The fraction of sp³-hybridized carbons (Fsp3) is 0.538. The number of hydrogen-bond donors (Lipinski definition) is 3. The van der Waals surface area contributed by atoms with Crippen LogP contribution in [0.4, 0.5) is 4.79 Å². The predicted octanol–water partition coefficient (Wildman–Crippen LogP) is 2.57. The number of hydroxylamine groups is 1. The highest BCUT2D eigenvalue weighted by molar-refractivity contribution is 6.05. The molecule has 1 aromatic carbocycles. The second-order valence-electron chi connectivity index (χ2n) is 9.59. The molecule has 196 valence electrons. The molecular formula is C26H36N4O6. The van der Waals surface area contributed by atoms with Crippen LogP contribution in [-0.4, -0.2) is 54.8 Å². The summed E-state index contributed by atoms with van der Waals surface area (Å²) in [6.45, 7) is 4.48. The highest BCUT2D eigenvalue weighted by Crippen LogP contribution is 2.26. The first-order valence-electron chi connectivity index (χ1n) is 12.4. The smallest absolute Gasteiger partial charge is 0.325 e. The lowest BCUT2D eigenvalue weighted by Crippen LogP contribution is -2.52. The number of imide groups is 1. The number of allylic oxidation sites excluding steroid dienone is 1. The molecule has 2 aliphatic rings. The lowest BCUT2D eigenvalue weighted by Gasteiger charge is -2.29. The quantitative estimate of drug-likeness (QED) is 0.317. The topological polar surface area (TPSA) is 126 Å². The Bertz CT molecular complexity index is 945. The molecule has 2 saturated heterocycles. The van der Waals surface area contributed by atoms with Crippen LogP contribution in [0.2, 0.25) is 0 Å². The van der Waals surface area contributed by atoms with Gasteiger partial charge in [-0.05, 0) is 37.2 Å². The number of rotatable bonds is 11. The molecule has 10 nitrogen and oxygen atoms in total. The van der Waals surface area contributed by atoms with Crippen molar-refractivity contribution < 1.29 is 28.8 Å². The van der Waals surface area contributed by atoms with E-state index < -0.39 is 48.0 Å². The van der Waals surface area contributed by atoms with Gasteiger partial charge in [-0.15, -0.1) is 0 Å². The van der Waals surface area contributed by atoms with Gasteiger partial charge < -0.3 is 10.1 Å². The lowest BCUT2D eigenvalue weighted by atomic mass is 9.82. The fourth-order valence-electron chi connectivity index (χ4n) is 4.29. The van der Waals surface area contributed by atoms with E-state index in [0.717, 1.165) is 23.3 Å². The van der Waals surface area contributed by atoms with Gasteiger partial charge in [-0.2, -0.15) is 0 Å². The third-order valence-corrected chi connectivity index (χ3v) is 6.28. The Labute approximate surface area is 211 Å². The van der Waals surface area contributed by atoms with Crippen molar-refractivity contribution in [2.75, 3.05) is 13.7 Å². The Balaban J connectivity index is 1.78. The second kappa shape index (κ2) is 13.2. The van der Waals surface area contributed by atoms with Crippen LogP contribution in [-0.2, 0) is 24.0 Å². The van der Waals surface area contributed by atoms with E-state index in [1.807, 2.05) is 56.3 Å². The molecule has 10 heteroatoms. The normalized spacial score (nSPS) is 21.9. The largest absolute Gasteiger partial charge is 0.350 e. The zero-order valence-corrected chi connectivity index (χ0v) is 21.1. The first-order valence-corrected chi connectivity index (χ1v) is 12.4. The van der Waals surface area contributed by atoms with Crippen molar-refractivity contribution in [3.8, 4) is 0 Å². The SMILES string of the molecule is CC(C)C[C@@H](C(=O)NC1C(=O)NC(=O)N1C)[C@H](C/C=C/c1ccccc1)C(=O)NOC1CCCCO1. The van der Waals surface area contributed by atoms with Crippen molar-refractivity contribution in [3.05, 3.63) is 42.0 Å². The Morgan fingerprint density at radius 1 is 1.17 bits per heavy atom. The molecule has 1 aromatic rings. The van der Waals surface area contributed by atoms with Crippen LogP contribution < -0.4 is 16.1 Å². The van der Waals surface area contributed by atoms with Gasteiger partial charge in [-0.3, -0.25) is 24.6 Å². The molecule has 4 atom stereocenters. The molecule has 3 rings (SSSR count). The molecule has 0 bridgehead atoms. The van der Waals surface area contributed by atoms with E-state index in [4.69, 9.17) is 9.57 Å². The van der Waals surface area contributed by atoms with Gasteiger partial charge in [0.05, 0.1) is 11.8 Å². The summed E-state index contributed by atoms with van der Waals surface area (Å²) in [7, 11) is 1.42. The first kappa shape index (κ1) is 27.3. The molecule has 0 spiro atoms. The fourth-order valence-corrected chi connectivity index (χ4v) is 4.29. The minimum atomic E-state index is -1.13. The molecular weight excluding hydrogens is 464 g/mol. The third kappa shape index (κ3) is 7.63. The van der Waals surface area contributed by atoms with Crippen LogP contribution in [0.3, 0.4) is 0 Å². The number of hydrogen-bond acceptors (Lipinski definition) is 6. The van der Waals surface area contributed by atoms with E-state index in [1.165, 1.54) is 7.05 Å². The van der Waals surface area contributed by atoms with Gasteiger partial charge >= 0.3 is 6.03 Å². The number of carbonyl (C=O) groups excluding carboxylic acids is 4. The average molecular weight is 501 g/mol. The molecule has 0 aliphatic carbocycles. The zero-order valence-electron chi connectivity index (χ0n) is 21.1. The van der Waals surface area contributed by atoms with Crippen molar-refractivity contribution in [2.45, 2.75) is 58.4 Å². The lowest BCUT2D eigenvalue weighted by molar-refractivity contribution is -0.203. The van der Waals surface area contributed by atoms with Crippen molar-refractivity contribution in [3.63, 3.8) is 0 Å². The average Bonchev–Trinajstić information content (AvgIpc) is 3.11. The molecule has 36 heavy (non-hydrogen) atoms. The van der Waals surface area contributed by atoms with Crippen LogP contribution >= 0.6 is 0 Å². The number of likely N-dealkylation sites (N-methyl/N-ethyl adjacent to an activating group) is 1. The number of amides is 5. The molecule has 2 fully saturated rings. The van der Waals surface area contributed by atoms with Crippen LogP contribution in [0, 0.1) is 17.8 Å². The highest BCUT2D eigenvalue weighted by atomic mass is 16.8. The first-order chi connectivity index (χ1) is 17.3. The summed E-state index contributed by atoms with van der Waals surface area (Å²) in [5, 5.41) is 4.82. The number of ether oxygens (including phenoxy) is 1. The monoisotopic (exact) mass is 500 g/mol. The second-order valence-corrected chi connectivity index (χ2v) is 9.59. The number of benzene rings is 1. The molecule has 0 saturated carbocycles. The van der Waals surface area contributed by atoms with E-state index in [1.54, 1.807) is 0 Å². The van der Waals surface area contributed by atoms with E-state index in [-0.39, 0.29) is 12.3 Å². The summed E-state index contributed by atoms with van der Waals surface area (Å²) in [6, 6.07) is 9.05. The predicted molar refractivity (Wildman–Crippen MR) is 133 cm³/mol. The minimum Gasteiger partial charge on any atom is -0.350 e. The summed E-state index contributed by atoms with van der Waals surface area (Å²) in [4.78, 5) is 57.4. The molecule has 0 aromatic heterocycles. The standard InChI is InChI=1S/C26H36N4O6/c1-17(2)16-20(23(31)27-22-25(33)28-26(34)30(22)3)19(13-9-12-18-10-5-4-6-11-18)24(32)29-36-21-14-7-8-15-35-21/h4-6,9-12,17,19-22H,7-8,13-16H2,1-3H3,(H,27,31)(H,29,32)(H,28,33,34)/b12-9+/t19-,20+,21?,22?/m0/s1. The zero-order chi connectivity index (χ0) is 26.1. The highest BCUT2D eigenvalue weighted by Gasteiger charge is 2.40. The third-order valence-electron chi connectivity index (χ3n) is 6.28. The van der Waals surface area contributed by atoms with Gasteiger partial charge in [-0.1, -0.05) is 56.3 Å². The molecule has 5 amide bonds. The van der Waals surface area contributed by atoms with E-state index >= 15 is 0 Å². The molecule has 2 heterocycles. The van der Waals surface area contributed by atoms with Crippen molar-refractivity contribution >= 4 is 29.8 Å². The van der Waals surface area contributed by atoms with Crippen LogP contribution in [0.15, 0.2) is 36.4 Å². The summed E-state index contributed by atoms with van der Waals surface area (Å²) in [5.74, 6) is -2.98. The minimum absolute atomic E-state index is 0.0912. The number of nitrogens with zero attached hydrogens (tertiary/aromatic N) is 1. The van der Waals surface area contributed by atoms with Gasteiger partial charge in [0, 0.05) is 20.1 Å². The number of nitrogens with one attached hydrogen (secondary N) is 3. The molecule has 2 unspecified atom stereocenters. The number of urea groups is 1. The Morgan fingerprint density at radius 3 is 2.53 bits per heavy atom. The van der Waals surface area contributed by atoms with E-state index in [0.29, 0.717) is 19.4 Å². The Morgan fingerprint density at radius 2 is 1.92 bits per heavy atom. The van der Waals surface area contributed by atoms with Gasteiger partial charge in [-0.25, -0.2) is 15.1 Å².